The molecule has 2 N–H and O–H groups in total. The van der Waals surface area contributed by atoms with Gasteiger partial charge in [0.05, 0.1) is 19.8 Å². The first kappa shape index (κ1) is 19.0. The van der Waals surface area contributed by atoms with Gasteiger partial charge in [0.2, 0.25) is 0 Å². The average Bonchev–Trinajstić information content (AvgIpc) is 2.57. The van der Waals surface area contributed by atoms with Crippen LogP contribution < -0.4 is 5.32 Å². The second-order valence-corrected chi connectivity index (χ2v) is 6.41. The van der Waals surface area contributed by atoms with E-state index in [0.717, 1.165) is 38.4 Å². The first-order valence-electron chi connectivity index (χ1n) is 8.30. The van der Waals surface area contributed by atoms with Gasteiger partial charge in [-0.2, -0.15) is 0 Å². The van der Waals surface area contributed by atoms with Gasteiger partial charge in [-0.05, 0) is 18.6 Å². The normalized spacial score (nSPS) is 16.6. The molecule has 134 valence electrons. The Bertz CT molecular complexity index is 524. The van der Waals surface area contributed by atoms with Gasteiger partial charge < -0.3 is 20.1 Å². The van der Waals surface area contributed by atoms with Crippen LogP contribution in [0.25, 0.3) is 0 Å². The molecule has 2 rings (SSSR count). The van der Waals surface area contributed by atoms with E-state index in [1.165, 1.54) is 0 Å². The molecule has 0 unspecified atom stereocenters. The molecular formula is C17H26ClN3O3. The lowest BCUT2D eigenvalue weighted by molar-refractivity contribution is 0.0346. The molecule has 1 aliphatic rings. The molecule has 1 aliphatic heterocycles. The van der Waals surface area contributed by atoms with E-state index < -0.39 is 0 Å². The molecule has 1 heterocycles. The summed E-state index contributed by atoms with van der Waals surface area (Å²) in [7, 11) is 0. The van der Waals surface area contributed by atoms with E-state index in [2.05, 4.69) is 10.2 Å². The first-order chi connectivity index (χ1) is 11.6. The van der Waals surface area contributed by atoms with Crippen molar-refractivity contribution in [2.24, 2.45) is 0 Å². The Kier molecular flexibility index (Phi) is 7.78. The molecule has 0 radical (unpaired) electrons. The number of carbonyl (C=O) groups is 1. The number of carbonyl (C=O) groups excluding carboxylic acids is 1. The van der Waals surface area contributed by atoms with Crippen LogP contribution in [0.15, 0.2) is 24.3 Å². The third-order valence-electron chi connectivity index (χ3n) is 3.98. The lowest BCUT2D eigenvalue weighted by atomic mass is 10.2. The Morgan fingerprint density at radius 2 is 2.12 bits per heavy atom. The van der Waals surface area contributed by atoms with Crippen molar-refractivity contribution in [2.45, 2.75) is 19.5 Å². The van der Waals surface area contributed by atoms with E-state index in [9.17, 15) is 9.90 Å². The molecule has 1 aromatic rings. The number of rotatable bonds is 7. The molecule has 0 aromatic heterocycles. The van der Waals surface area contributed by atoms with E-state index in [1.54, 1.807) is 11.0 Å². The van der Waals surface area contributed by atoms with Crippen LogP contribution in [0.3, 0.4) is 0 Å². The highest BCUT2D eigenvalue weighted by molar-refractivity contribution is 6.31. The van der Waals surface area contributed by atoms with Crippen LogP contribution in [-0.4, -0.2) is 73.0 Å². The summed E-state index contributed by atoms with van der Waals surface area (Å²) in [4.78, 5) is 16.4. The van der Waals surface area contributed by atoms with Crippen LogP contribution in [0.4, 0.5) is 4.79 Å². The summed E-state index contributed by atoms with van der Waals surface area (Å²) in [5.41, 5.74) is 0.864. The maximum absolute atomic E-state index is 12.5. The highest BCUT2D eigenvalue weighted by atomic mass is 35.5. The Morgan fingerprint density at radius 3 is 2.79 bits per heavy atom. The number of benzene rings is 1. The minimum absolute atomic E-state index is 0.0167. The van der Waals surface area contributed by atoms with Crippen molar-refractivity contribution < 1.29 is 14.6 Å². The van der Waals surface area contributed by atoms with Crippen molar-refractivity contribution in [3.8, 4) is 0 Å². The maximum atomic E-state index is 12.5. The van der Waals surface area contributed by atoms with Crippen molar-refractivity contribution in [3.05, 3.63) is 34.9 Å². The number of amides is 2. The van der Waals surface area contributed by atoms with Gasteiger partial charge in [-0.1, -0.05) is 29.8 Å². The fraction of sp³-hybridized carbons (Fsp3) is 0.588. The molecule has 0 spiro atoms. The number of hydrogen-bond acceptors (Lipinski definition) is 4. The number of morpholine rings is 1. The Balaban J connectivity index is 1.89. The standard InChI is InChI=1S/C17H26ClN3O3/c1-14(12-20-7-10-24-11-8-20)19-17(23)21(6-9-22)13-15-4-2-3-5-16(15)18/h2-5,14,22H,6-13H2,1H3,(H,19,23)/t14-/m0/s1. The third-order valence-corrected chi connectivity index (χ3v) is 4.35. The Labute approximate surface area is 148 Å². The molecule has 1 fully saturated rings. The van der Waals surface area contributed by atoms with Crippen LogP contribution in [0, 0.1) is 0 Å². The van der Waals surface area contributed by atoms with Crippen LogP contribution >= 0.6 is 11.6 Å². The van der Waals surface area contributed by atoms with Gasteiger partial charge in [-0.25, -0.2) is 4.79 Å². The van der Waals surface area contributed by atoms with Crippen molar-refractivity contribution in [3.63, 3.8) is 0 Å². The molecule has 6 nitrogen and oxygen atoms in total. The summed E-state index contributed by atoms with van der Waals surface area (Å²) < 4.78 is 5.33. The van der Waals surface area contributed by atoms with Crippen LogP contribution in [0.1, 0.15) is 12.5 Å². The Hall–Kier alpha value is -1.34. The molecule has 0 aliphatic carbocycles. The van der Waals surface area contributed by atoms with Gasteiger partial charge >= 0.3 is 6.03 Å². The van der Waals surface area contributed by atoms with Crippen LogP contribution in [0.2, 0.25) is 5.02 Å². The molecular weight excluding hydrogens is 330 g/mol. The summed E-state index contributed by atoms with van der Waals surface area (Å²) in [6.45, 7) is 6.58. The number of aliphatic hydroxyl groups excluding tert-OH is 1. The lowest BCUT2D eigenvalue weighted by Crippen LogP contribution is -2.50. The number of nitrogens with one attached hydrogen (secondary N) is 1. The van der Waals surface area contributed by atoms with E-state index in [4.69, 9.17) is 16.3 Å². The number of urea groups is 1. The van der Waals surface area contributed by atoms with Crippen LogP contribution in [-0.2, 0) is 11.3 Å². The van der Waals surface area contributed by atoms with E-state index in [-0.39, 0.29) is 25.2 Å². The van der Waals surface area contributed by atoms with E-state index in [1.807, 2.05) is 25.1 Å². The largest absolute Gasteiger partial charge is 0.395 e. The predicted octanol–water partition coefficient (Wildman–Crippen LogP) is 1.56. The van der Waals surface area contributed by atoms with Gasteiger partial charge in [0.25, 0.3) is 0 Å². The minimum atomic E-state index is -0.190. The van der Waals surface area contributed by atoms with Crippen molar-refractivity contribution >= 4 is 17.6 Å². The van der Waals surface area contributed by atoms with Gasteiger partial charge in [-0.15, -0.1) is 0 Å². The molecule has 1 saturated heterocycles. The molecule has 2 amide bonds. The zero-order chi connectivity index (χ0) is 17.4. The summed E-state index contributed by atoms with van der Waals surface area (Å²) in [6, 6.07) is 7.25. The molecule has 0 bridgehead atoms. The van der Waals surface area contributed by atoms with Gasteiger partial charge in [0.15, 0.2) is 0 Å². The second-order valence-electron chi connectivity index (χ2n) is 6.00. The molecule has 1 aromatic carbocycles. The number of nitrogens with zero attached hydrogens (tertiary/aromatic N) is 2. The fourth-order valence-corrected chi connectivity index (χ4v) is 2.92. The molecule has 0 saturated carbocycles. The van der Waals surface area contributed by atoms with Crippen molar-refractivity contribution in [1.82, 2.24) is 15.1 Å². The monoisotopic (exact) mass is 355 g/mol. The van der Waals surface area contributed by atoms with Crippen molar-refractivity contribution in [1.29, 1.82) is 0 Å². The van der Waals surface area contributed by atoms with E-state index in [0.29, 0.717) is 11.6 Å². The minimum Gasteiger partial charge on any atom is -0.395 e. The van der Waals surface area contributed by atoms with Gasteiger partial charge in [0, 0.05) is 43.8 Å². The molecule has 7 heteroatoms. The smallest absolute Gasteiger partial charge is 0.318 e. The average molecular weight is 356 g/mol. The lowest BCUT2D eigenvalue weighted by Gasteiger charge is -2.31. The van der Waals surface area contributed by atoms with Gasteiger partial charge in [-0.3, -0.25) is 4.90 Å². The quantitative estimate of drug-likeness (QED) is 0.779. The fourth-order valence-electron chi connectivity index (χ4n) is 2.72. The highest BCUT2D eigenvalue weighted by Crippen LogP contribution is 2.17. The predicted molar refractivity (Wildman–Crippen MR) is 94.2 cm³/mol. The Morgan fingerprint density at radius 1 is 1.42 bits per heavy atom. The molecule has 24 heavy (non-hydrogen) atoms. The van der Waals surface area contributed by atoms with Crippen LogP contribution in [0.5, 0.6) is 0 Å². The number of hydrogen-bond donors (Lipinski definition) is 2. The first-order valence-corrected chi connectivity index (χ1v) is 8.67. The highest BCUT2D eigenvalue weighted by Gasteiger charge is 2.19. The molecule has 1 atom stereocenters. The number of halogens is 1. The number of aliphatic hydroxyl groups is 1. The van der Waals surface area contributed by atoms with Gasteiger partial charge in [0.1, 0.15) is 0 Å². The topological polar surface area (TPSA) is 65.0 Å². The summed E-state index contributed by atoms with van der Waals surface area (Å²) in [5, 5.41) is 12.9. The zero-order valence-corrected chi connectivity index (χ0v) is 14.8. The summed E-state index contributed by atoms with van der Waals surface area (Å²) in [5.74, 6) is 0. The second kappa shape index (κ2) is 9.84. The third kappa shape index (κ3) is 5.94. The number of ether oxygens (including phenoxy) is 1. The summed E-state index contributed by atoms with van der Waals surface area (Å²) in [6.07, 6.45) is 0. The zero-order valence-electron chi connectivity index (χ0n) is 14.1. The maximum Gasteiger partial charge on any atom is 0.318 e. The van der Waals surface area contributed by atoms with Crippen molar-refractivity contribution in [2.75, 3.05) is 46.0 Å². The summed E-state index contributed by atoms with van der Waals surface area (Å²) >= 11 is 6.17. The van der Waals surface area contributed by atoms with E-state index >= 15 is 0 Å². The SMILES string of the molecule is C[C@@H](CN1CCOCC1)NC(=O)N(CCO)Cc1ccccc1Cl.